The summed E-state index contributed by atoms with van der Waals surface area (Å²) in [4.78, 5) is 12.0. The molecule has 0 radical (unpaired) electrons. The van der Waals surface area contributed by atoms with Gasteiger partial charge in [0.1, 0.15) is 0 Å². The molecule has 0 bridgehead atoms. The molecule has 0 heterocycles. The Kier molecular flexibility index (Phi) is 4.84. The summed E-state index contributed by atoms with van der Waals surface area (Å²) < 4.78 is 22.5. The van der Waals surface area contributed by atoms with Crippen molar-refractivity contribution < 1.29 is 13.2 Å². The Morgan fingerprint density at radius 2 is 1.90 bits per heavy atom. The number of nitrogens with one attached hydrogen (secondary N) is 2. The summed E-state index contributed by atoms with van der Waals surface area (Å²) in [6.45, 7) is 1.73. The van der Waals surface area contributed by atoms with Crippen LogP contribution in [0.2, 0.25) is 0 Å². The van der Waals surface area contributed by atoms with Gasteiger partial charge in [-0.2, -0.15) is 0 Å². The standard InChI is InChI=1S/C14H21N3O3S/c1-10-9-12(21(15,19)20)7-8-13(10)17-14(18)16-11-5-3-2-4-6-11/h7-9,11H,2-6H2,1H3,(H2,15,19,20)(H2,16,17,18). The van der Waals surface area contributed by atoms with E-state index in [1.54, 1.807) is 13.0 Å². The molecule has 0 aliphatic heterocycles. The van der Waals surface area contributed by atoms with Crippen molar-refractivity contribution in [3.05, 3.63) is 23.8 Å². The van der Waals surface area contributed by atoms with Crippen LogP contribution in [0.25, 0.3) is 0 Å². The van der Waals surface area contributed by atoms with Crippen molar-refractivity contribution in [3.8, 4) is 0 Å². The highest BCUT2D eigenvalue weighted by Crippen LogP contribution is 2.20. The minimum Gasteiger partial charge on any atom is -0.335 e. The molecule has 1 aromatic rings. The molecule has 0 aromatic heterocycles. The Hall–Kier alpha value is -1.60. The van der Waals surface area contributed by atoms with Crippen molar-refractivity contribution in [2.45, 2.75) is 50.0 Å². The third-order valence-electron chi connectivity index (χ3n) is 3.71. The number of sulfonamides is 1. The number of rotatable bonds is 3. The molecule has 0 saturated heterocycles. The van der Waals surface area contributed by atoms with Crippen molar-refractivity contribution in [1.82, 2.24) is 5.32 Å². The van der Waals surface area contributed by atoms with Gasteiger partial charge in [-0.05, 0) is 43.5 Å². The first-order valence-electron chi connectivity index (χ1n) is 7.07. The predicted molar refractivity (Wildman–Crippen MR) is 81.6 cm³/mol. The second-order valence-corrected chi connectivity index (χ2v) is 7.02. The van der Waals surface area contributed by atoms with Crippen LogP contribution >= 0.6 is 0 Å². The number of benzene rings is 1. The van der Waals surface area contributed by atoms with E-state index in [9.17, 15) is 13.2 Å². The number of anilines is 1. The molecular weight excluding hydrogens is 290 g/mol. The zero-order chi connectivity index (χ0) is 15.5. The highest BCUT2D eigenvalue weighted by molar-refractivity contribution is 7.89. The average Bonchev–Trinajstić information content (AvgIpc) is 2.41. The number of primary sulfonamides is 1. The molecular formula is C14H21N3O3S. The lowest BCUT2D eigenvalue weighted by Crippen LogP contribution is -2.39. The first-order valence-corrected chi connectivity index (χ1v) is 8.62. The van der Waals surface area contributed by atoms with E-state index in [-0.39, 0.29) is 17.0 Å². The fraction of sp³-hybridized carbons (Fsp3) is 0.500. The van der Waals surface area contributed by atoms with E-state index < -0.39 is 10.0 Å². The molecule has 7 heteroatoms. The lowest BCUT2D eigenvalue weighted by atomic mass is 9.96. The maximum absolute atomic E-state index is 11.9. The van der Waals surface area contributed by atoms with Crippen molar-refractivity contribution in [2.24, 2.45) is 5.14 Å². The van der Waals surface area contributed by atoms with E-state index in [4.69, 9.17) is 5.14 Å². The number of carbonyl (C=O) groups excluding carboxylic acids is 1. The van der Waals surface area contributed by atoms with E-state index in [1.165, 1.54) is 18.6 Å². The fourth-order valence-electron chi connectivity index (χ4n) is 2.54. The summed E-state index contributed by atoms with van der Waals surface area (Å²) in [5.41, 5.74) is 1.23. The summed E-state index contributed by atoms with van der Waals surface area (Å²) >= 11 is 0. The number of hydrogen-bond donors (Lipinski definition) is 3. The monoisotopic (exact) mass is 311 g/mol. The average molecular weight is 311 g/mol. The molecule has 1 fully saturated rings. The minimum absolute atomic E-state index is 0.0400. The van der Waals surface area contributed by atoms with Crippen molar-refractivity contribution in [2.75, 3.05) is 5.32 Å². The van der Waals surface area contributed by atoms with Crippen molar-refractivity contribution >= 4 is 21.7 Å². The second-order valence-electron chi connectivity index (χ2n) is 5.46. The lowest BCUT2D eigenvalue weighted by molar-refractivity contribution is 0.244. The number of amides is 2. The van der Waals surface area contributed by atoms with Gasteiger partial charge in [-0.15, -0.1) is 0 Å². The van der Waals surface area contributed by atoms with Gasteiger partial charge in [0, 0.05) is 11.7 Å². The molecule has 2 rings (SSSR count). The van der Waals surface area contributed by atoms with Gasteiger partial charge in [-0.3, -0.25) is 0 Å². The van der Waals surface area contributed by atoms with Gasteiger partial charge >= 0.3 is 6.03 Å². The van der Waals surface area contributed by atoms with Crippen molar-refractivity contribution in [1.29, 1.82) is 0 Å². The van der Waals surface area contributed by atoms with Crippen LogP contribution in [0.3, 0.4) is 0 Å². The van der Waals surface area contributed by atoms with E-state index in [0.717, 1.165) is 25.7 Å². The molecule has 1 saturated carbocycles. The van der Waals surface area contributed by atoms with Crippen LogP contribution in [0.1, 0.15) is 37.7 Å². The van der Waals surface area contributed by atoms with Gasteiger partial charge in [0.15, 0.2) is 0 Å². The van der Waals surface area contributed by atoms with Gasteiger partial charge in [-0.25, -0.2) is 18.4 Å². The van der Waals surface area contributed by atoms with Crippen LogP contribution in [0.15, 0.2) is 23.1 Å². The Labute approximate surface area is 125 Å². The Balaban J connectivity index is 2.00. The molecule has 0 spiro atoms. The Morgan fingerprint density at radius 1 is 1.24 bits per heavy atom. The number of urea groups is 1. The van der Waals surface area contributed by atoms with E-state index in [2.05, 4.69) is 10.6 Å². The summed E-state index contributed by atoms with van der Waals surface area (Å²) in [7, 11) is -3.72. The van der Waals surface area contributed by atoms with Gasteiger partial charge in [-0.1, -0.05) is 19.3 Å². The number of carbonyl (C=O) groups is 1. The second kappa shape index (κ2) is 6.44. The van der Waals surface area contributed by atoms with E-state index >= 15 is 0 Å². The lowest BCUT2D eigenvalue weighted by Gasteiger charge is -2.23. The van der Waals surface area contributed by atoms with Crippen LogP contribution < -0.4 is 15.8 Å². The summed E-state index contributed by atoms with van der Waals surface area (Å²) in [6, 6.07) is 4.36. The molecule has 116 valence electrons. The molecule has 4 N–H and O–H groups in total. The van der Waals surface area contributed by atoms with E-state index in [0.29, 0.717) is 11.3 Å². The molecule has 6 nitrogen and oxygen atoms in total. The normalized spacial score (nSPS) is 16.5. The summed E-state index contributed by atoms with van der Waals surface area (Å²) in [5, 5.41) is 10.8. The van der Waals surface area contributed by atoms with Crippen LogP contribution in [-0.2, 0) is 10.0 Å². The molecule has 1 aliphatic carbocycles. The van der Waals surface area contributed by atoms with Gasteiger partial charge in [0.2, 0.25) is 10.0 Å². The van der Waals surface area contributed by atoms with E-state index in [1.807, 2.05) is 0 Å². The molecule has 1 aliphatic rings. The van der Waals surface area contributed by atoms with Crippen LogP contribution in [0, 0.1) is 6.92 Å². The van der Waals surface area contributed by atoms with Crippen molar-refractivity contribution in [3.63, 3.8) is 0 Å². The van der Waals surface area contributed by atoms with Gasteiger partial charge in [0.25, 0.3) is 0 Å². The zero-order valence-corrected chi connectivity index (χ0v) is 12.9. The number of hydrogen-bond acceptors (Lipinski definition) is 3. The summed E-state index contributed by atoms with van der Waals surface area (Å²) in [6.07, 6.45) is 5.54. The van der Waals surface area contributed by atoms with Gasteiger partial charge < -0.3 is 10.6 Å². The summed E-state index contributed by atoms with van der Waals surface area (Å²) in [5.74, 6) is 0. The third kappa shape index (κ3) is 4.44. The highest BCUT2D eigenvalue weighted by atomic mass is 32.2. The SMILES string of the molecule is Cc1cc(S(N)(=O)=O)ccc1NC(=O)NC1CCCCC1. The molecule has 0 unspecified atom stereocenters. The minimum atomic E-state index is -3.72. The maximum atomic E-state index is 11.9. The van der Waals surface area contributed by atoms with Crippen LogP contribution in [0.4, 0.5) is 10.5 Å². The largest absolute Gasteiger partial charge is 0.335 e. The topological polar surface area (TPSA) is 101 Å². The Bertz CT molecular complexity index is 622. The van der Waals surface area contributed by atoms with Crippen LogP contribution in [0.5, 0.6) is 0 Å². The quantitative estimate of drug-likeness (QED) is 0.796. The predicted octanol–water partition coefficient (Wildman–Crippen LogP) is 2.10. The third-order valence-corrected chi connectivity index (χ3v) is 4.63. The molecule has 21 heavy (non-hydrogen) atoms. The van der Waals surface area contributed by atoms with Gasteiger partial charge in [0.05, 0.1) is 4.90 Å². The fourth-order valence-corrected chi connectivity index (χ4v) is 3.14. The number of nitrogens with two attached hydrogens (primary N) is 1. The number of aryl methyl sites for hydroxylation is 1. The Morgan fingerprint density at radius 3 is 2.48 bits per heavy atom. The first-order chi connectivity index (χ1) is 9.86. The smallest absolute Gasteiger partial charge is 0.319 e. The molecule has 0 atom stereocenters. The van der Waals surface area contributed by atoms with Crippen LogP contribution in [-0.4, -0.2) is 20.5 Å². The molecule has 2 amide bonds. The first kappa shape index (κ1) is 15.8. The molecule has 1 aromatic carbocycles. The zero-order valence-electron chi connectivity index (χ0n) is 12.1. The maximum Gasteiger partial charge on any atom is 0.319 e. The highest BCUT2D eigenvalue weighted by Gasteiger charge is 2.16.